The summed E-state index contributed by atoms with van der Waals surface area (Å²) in [6.45, 7) is 0. The first-order valence-electron chi connectivity index (χ1n) is 3.18. The minimum absolute atomic E-state index is 0.394. The van der Waals surface area contributed by atoms with Crippen LogP contribution in [0.25, 0.3) is 10.2 Å². The van der Waals surface area contributed by atoms with E-state index in [9.17, 15) is 0 Å². The third kappa shape index (κ3) is 1.24. The van der Waals surface area contributed by atoms with Crippen LogP contribution in [0, 0.1) is 0 Å². The largest absolute Gasteiger partial charge is 0.391 e. The summed E-state index contributed by atoms with van der Waals surface area (Å²) in [5.41, 5.74) is 6.35. The molecule has 2 aromatic rings. The fourth-order valence-electron chi connectivity index (χ4n) is 0.972. The van der Waals surface area contributed by atoms with Crippen LogP contribution in [0.1, 0.15) is 0 Å². The van der Waals surface area contributed by atoms with Crippen molar-refractivity contribution in [2.45, 2.75) is 0 Å². The van der Waals surface area contributed by atoms with Gasteiger partial charge in [0.1, 0.15) is 5.15 Å². The van der Waals surface area contributed by atoms with Crippen LogP contribution in [-0.4, -0.2) is 4.98 Å². The number of aromatic nitrogens is 1. The molecule has 0 bridgehead atoms. The van der Waals surface area contributed by atoms with Gasteiger partial charge < -0.3 is 5.73 Å². The summed E-state index contributed by atoms with van der Waals surface area (Å²) in [4.78, 5) is 4.07. The first kappa shape index (κ1) is 8.10. The molecule has 0 aliphatic heterocycles. The zero-order valence-electron chi connectivity index (χ0n) is 5.84. The fraction of sp³-hybridized carbons (Fsp3) is 0. The molecule has 0 aliphatic carbocycles. The van der Waals surface area contributed by atoms with Crippen molar-refractivity contribution in [3.63, 3.8) is 0 Å². The van der Waals surface area contributed by atoms with Crippen LogP contribution < -0.4 is 5.73 Å². The lowest BCUT2D eigenvalue weighted by Gasteiger charge is -1.92. The van der Waals surface area contributed by atoms with E-state index in [0.717, 1.165) is 10.2 Å². The average molecular weight is 219 g/mol. The highest BCUT2D eigenvalue weighted by Gasteiger charge is 2.05. The van der Waals surface area contributed by atoms with Gasteiger partial charge in [-0.05, 0) is 12.1 Å². The Kier molecular flexibility index (Phi) is 1.87. The molecule has 5 heteroatoms. The Hall–Kier alpha value is -0.510. The molecule has 12 heavy (non-hydrogen) atoms. The number of pyridine rings is 1. The molecule has 2 rings (SSSR count). The van der Waals surface area contributed by atoms with Crippen molar-refractivity contribution in [1.82, 2.24) is 4.98 Å². The summed E-state index contributed by atoms with van der Waals surface area (Å²) in [5, 5.41) is 1.69. The average Bonchev–Trinajstić information content (AvgIpc) is 2.29. The first-order chi connectivity index (χ1) is 5.66. The molecule has 0 radical (unpaired) electrons. The van der Waals surface area contributed by atoms with Crippen LogP contribution in [0.2, 0.25) is 10.2 Å². The summed E-state index contributed by atoms with van der Waals surface area (Å²) < 4.78 is 0.888. The molecule has 2 N–H and O–H groups in total. The van der Waals surface area contributed by atoms with Gasteiger partial charge in [0.05, 0.1) is 20.2 Å². The van der Waals surface area contributed by atoms with Gasteiger partial charge in [-0.2, -0.15) is 0 Å². The first-order valence-corrected chi connectivity index (χ1v) is 4.75. The van der Waals surface area contributed by atoms with Crippen LogP contribution in [0.4, 0.5) is 5.00 Å². The molecule has 0 amide bonds. The molecule has 0 aliphatic rings. The number of thiophene rings is 1. The Bertz CT molecular complexity index is 438. The van der Waals surface area contributed by atoms with Gasteiger partial charge in [0.15, 0.2) is 0 Å². The number of hydrogen-bond acceptors (Lipinski definition) is 3. The van der Waals surface area contributed by atoms with E-state index >= 15 is 0 Å². The maximum atomic E-state index is 5.91. The number of anilines is 1. The summed E-state index contributed by atoms with van der Waals surface area (Å²) in [7, 11) is 0. The molecule has 62 valence electrons. The summed E-state index contributed by atoms with van der Waals surface area (Å²) >= 11 is 13.0. The number of hydrogen-bond donors (Lipinski definition) is 1. The Labute approximate surface area is 82.9 Å². The van der Waals surface area contributed by atoms with E-state index in [2.05, 4.69) is 4.98 Å². The molecular formula is C7H4Cl2N2S. The number of nitrogens with zero attached hydrogens (tertiary/aromatic N) is 1. The van der Waals surface area contributed by atoms with E-state index in [-0.39, 0.29) is 0 Å². The van der Waals surface area contributed by atoms with Crippen molar-refractivity contribution in [2.75, 3.05) is 5.73 Å². The van der Waals surface area contributed by atoms with Gasteiger partial charge in [-0.15, -0.1) is 11.3 Å². The van der Waals surface area contributed by atoms with Gasteiger partial charge in [0.2, 0.25) is 0 Å². The highest BCUT2D eigenvalue weighted by molar-refractivity contribution is 7.23. The quantitative estimate of drug-likeness (QED) is 0.691. The van der Waals surface area contributed by atoms with Crippen LogP contribution in [-0.2, 0) is 0 Å². The molecule has 0 atom stereocenters. The molecular weight excluding hydrogens is 215 g/mol. The van der Waals surface area contributed by atoms with Crippen molar-refractivity contribution in [3.05, 3.63) is 22.3 Å². The lowest BCUT2D eigenvalue weighted by molar-refractivity contribution is 1.43. The predicted octanol–water partition coefficient (Wildman–Crippen LogP) is 3.19. The Morgan fingerprint density at radius 1 is 1.33 bits per heavy atom. The van der Waals surface area contributed by atoms with Gasteiger partial charge in [-0.3, -0.25) is 0 Å². The van der Waals surface area contributed by atoms with E-state index in [4.69, 9.17) is 28.9 Å². The minimum Gasteiger partial charge on any atom is -0.391 e. The van der Waals surface area contributed by atoms with E-state index in [0.29, 0.717) is 15.2 Å². The van der Waals surface area contributed by atoms with Crippen molar-refractivity contribution < 1.29 is 0 Å². The lowest BCUT2D eigenvalue weighted by atomic mass is 10.4. The highest BCUT2D eigenvalue weighted by Crippen LogP contribution is 2.33. The molecule has 0 saturated heterocycles. The number of nitrogens with two attached hydrogens (primary N) is 1. The maximum absolute atomic E-state index is 5.91. The van der Waals surface area contributed by atoms with E-state index < -0.39 is 0 Å². The number of halogens is 2. The molecule has 0 fully saturated rings. The minimum atomic E-state index is 0.394. The third-order valence-corrected chi connectivity index (χ3v) is 3.01. The Balaban J connectivity index is 2.88. The molecule has 2 heterocycles. The molecule has 0 saturated carbocycles. The van der Waals surface area contributed by atoms with Crippen molar-refractivity contribution in [2.24, 2.45) is 0 Å². The topological polar surface area (TPSA) is 38.9 Å². The third-order valence-electron chi connectivity index (χ3n) is 1.42. The van der Waals surface area contributed by atoms with Crippen LogP contribution in [0.15, 0.2) is 12.1 Å². The number of rotatable bonds is 0. The zero-order valence-corrected chi connectivity index (χ0v) is 8.17. The van der Waals surface area contributed by atoms with Gasteiger partial charge in [0, 0.05) is 0 Å². The van der Waals surface area contributed by atoms with Gasteiger partial charge in [-0.25, -0.2) is 4.98 Å². The van der Waals surface area contributed by atoms with Crippen molar-refractivity contribution >= 4 is 49.8 Å². The fourth-order valence-corrected chi connectivity index (χ4v) is 2.32. The molecule has 0 aromatic carbocycles. The Morgan fingerprint density at radius 3 is 2.83 bits per heavy atom. The molecule has 0 spiro atoms. The number of nitrogen functional groups attached to an aromatic ring is 1. The standard InChI is InChI=1S/C7H4Cl2N2S/c8-3-1-5(9)11-4-2-6(10)12-7(3)4/h1-2H,10H2. The second-order valence-electron chi connectivity index (χ2n) is 2.29. The molecule has 2 aromatic heterocycles. The van der Waals surface area contributed by atoms with Gasteiger partial charge in [0.25, 0.3) is 0 Å². The summed E-state index contributed by atoms with van der Waals surface area (Å²) in [5.74, 6) is 0. The van der Waals surface area contributed by atoms with Crippen molar-refractivity contribution in [1.29, 1.82) is 0 Å². The van der Waals surface area contributed by atoms with E-state index in [1.54, 1.807) is 12.1 Å². The van der Waals surface area contributed by atoms with Crippen LogP contribution >= 0.6 is 34.5 Å². The van der Waals surface area contributed by atoms with Gasteiger partial charge >= 0.3 is 0 Å². The predicted molar refractivity (Wildman–Crippen MR) is 54.1 cm³/mol. The van der Waals surface area contributed by atoms with E-state index in [1.807, 2.05) is 0 Å². The zero-order chi connectivity index (χ0) is 8.72. The molecule has 2 nitrogen and oxygen atoms in total. The monoisotopic (exact) mass is 218 g/mol. The van der Waals surface area contributed by atoms with E-state index in [1.165, 1.54) is 11.3 Å². The molecule has 0 unspecified atom stereocenters. The van der Waals surface area contributed by atoms with Gasteiger partial charge in [-0.1, -0.05) is 23.2 Å². The second kappa shape index (κ2) is 2.76. The van der Waals surface area contributed by atoms with Crippen LogP contribution in [0.5, 0.6) is 0 Å². The lowest BCUT2D eigenvalue weighted by Crippen LogP contribution is -1.75. The van der Waals surface area contributed by atoms with Crippen molar-refractivity contribution in [3.8, 4) is 0 Å². The maximum Gasteiger partial charge on any atom is 0.131 e. The Morgan fingerprint density at radius 2 is 2.08 bits per heavy atom. The summed E-state index contributed by atoms with van der Waals surface area (Å²) in [6, 6.07) is 3.37. The number of fused-ring (bicyclic) bond motifs is 1. The second-order valence-corrected chi connectivity index (χ2v) is 4.17. The normalized spacial score (nSPS) is 10.8. The smallest absolute Gasteiger partial charge is 0.131 e. The highest BCUT2D eigenvalue weighted by atomic mass is 35.5. The SMILES string of the molecule is Nc1cc2nc(Cl)cc(Cl)c2s1. The summed E-state index contributed by atoms with van der Waals surface area (Å²) in [6.07, 6.45) is 0. The van der Waals surface area contributed by atoms with Crippen LogP contribution in [0.3, 0.4) is 0 Å².